The predicted octanol–water partition coefficient (Wildman–Crippen LogP) is 3.32. The number of hydrogen-bond donors (Lipinski definition) is 0. The van der Waals surface area contributed by atoms with Crippen molar-refractivity contribution in [1.29, 1.82) is 0 Å². The van der Waals surface area contributed by atoms with Gasteiger partial charge in [0, 0.05) is 31.4 Å². The van der Waals surface area contributed by atoms with E-state index in [0.29, 0.717) is 44.5 Å². The Morgan fingerprint density at radius 1 is 1.00 bits per heavy atom. The van der Waals surface area contributed by atoms with Crippen LogP contribution in [-0.2, 0) is 22.8 Å². The van der Waals surface area contributed by atoms with Crippen molar-refractivity contribution < 1.29 is 22.8 Å². The highest BCUT2D eigenvalue weighted by Crippen LogP contribution is 2.19. The van der Waals surface area contributed by atoms with E-state index in [9.17, 15) is 4.79 Å². The van der Waals surface area contributed by atoms with Crippen LogP contribution in [0, 0.1) is 0 Å². The van der Waals surface area contributed by atoms with Crippen LogP contribution < -0.4 is 0 Å². The minimum atomic E-state index is -2.65. The highest BCUT2D eigenvalue weighted by atomic mass is 28.4. The molecule has 0 aliphatic rings. The molecule has 0 fully saturated rings. The summed E-state index contributed by atoms with van der Waals surface area (Å²) in [6.45, 7) is 13.3. The summed E-state index contributed by atoms with van der Waals surface area (Å²) in [5, 5.41) is 0. The van der Waals surface area contributed by atoms with Crippen LogP contribution in [0.4, 0.5) is 0 Å². The van der Waals surface area contributed by atoms with Crippen LogP contribution in [-0.4, -0.2) is 41.2 Å². The zero-order chi connectivity index (χ0) is 16.1. The molecule has 0 aromatic rings. The van der Waals surface area contributed by atoms with Crippen molar-refractivity contribution in [3.05, 3.63) is 12.2 Å². The average Bonchev–Trinajstić information content (AvgIpc) is 2.44. The van der Waals surface area contributed by atoms with E-state index in [1.54, 1.807) is 6.92 Å². The van der Waals surface area contributed by atoms with Gasteiger partial charge in [-0.1, -0.05) is 19.9 Å². The lowest BCUT2D eigenvalue weighted by atomic mass is 10.4. The molecule has 0 atom stereocenters. The van der Waals surface area contributed by atoms with E-state index in [4.69, 9.17) is 18.0 Å². The molecule has 0 aliphatic heterocycles. The van der Waals surface area contributed by atoms with E-state index in [1.165, 1.54) is 0 Å². The normalized spacial score (nSPS) is 11.4. The van der Waals surface area contributed by atoms with Crippen LogP contribution in [0.3, 0.4) is 0 Å². The van der Waals surface area contributed by atoms with E-state index in [0.717, 1.165) is 12.8 Å². The molecule has 5 nitrogen and oxygen atoms in total. The molecule has 0 amide bonds. The van der Waals surface area contributed by atoms with Crippen molar-refractivity contribution in [1.82, 2.24) is 0 Å². The van der Waals surface area contributed by atoms with E-state index in [1.807, 2.05) is 13.8 Å². The molecule has 0 bridgehead atoms. The summed E-state index contributed by atoms with van der Waals surface area (Å²) in [5.74, 6) is -0.359. The van der Waals surface area contributed by atoms with Gasteiger partial charge in [0.25, 0.3) is 0 Å². The van der Waals surface area contributed by atoms with Crippen LogP contribution in [0.2, 0.25) is 6.04 Å². The number of carbonyl (C=O) groups is 1. The minimum absolute atomic E-state index is 0.331. The molecule has 124 valence electrons. The molecule has 21 heavy (non-hydrogen) atoms. The Labute approximate surface area is 130 Å². The van der Waals surface area contributed by atoms with Gasteiger partial charge in [-0.2, -0.15) is 0 Å². The first-order chi connectivity index (χ1) is 10.0. The fourth-order valence-electron chi connectivity index (χ4n) is 1.73. The van der Waals surface area contributed by atoms with E-state index in [2.05, 4.69) is 13.5 Å². The van der Waals surface area contributed by atoms with Gasteiger partial charge in [0.15, 0.2) is 0 Å². The zero-order valence-electron chi connectivity index (χ0n) is 13.9. The SMILES string of the molecule is C=C(C)C(=O)OCCC[Si](OCC)(OCC)OCCCC. The summed E-state index contributed by atoms with van der Waals surface area (Å²) >= 11 is 0. The first-order valence-corrected chi connectivity index (χ1v) is 9.69. The smallest absolute Gasteiger partial charge is 0.462 e. The topological polar surface area (TPSA) is 54.0 Å². The largest absolute Gasteiger partial charge is 0.501 e. The van der Waals surface area contributed by atoms with E-state index in [-0.39, 0.29) is 5.97 Å². The van der Waals surface area contributed by atoms with E-state index < -0.39 is 8.80 Å². The molecule has 0 aliphatic carbocycles. The molecule has 0 unspecified atom stereocenters. The monoisotopic (exact) mass is 318 g/mol. The highest BCUT2D eigenvalue weighted by molar-refractivity contribution is 6.60. The third kappa shape index (κ3) is 9.03. The molecular formula is C15H30O5Si. The molecule has 0 N–H and O–H groups in total. The number of ether oxygens (including phenoxy) is 1. The number of hydrogen-bond acceptors (Lipinski definition) is 5. The zero-order valence-corrected chi connectivity index (χ0v) is 14.9. The molecule has 0 radical (unpaired) electrons. The van der Waals surface area contributed by atoms with Crippen LogP contribution in [0.25, 0.3) is 0 Å². The molecule has 0 saturated heterocycles. The Balaban J connectivity index is 4.35. The molecule has 0 saturated carbocycles. The lowest BCUT2D eigenvalue weighted by Gasteiger charge is -2.28. The summed E-state index contributed by atoms with van der Waals surface area (Å²) in [5.41, 5.74) is 0.410. The van der Waals surface area contributed by atoms with Gasteiger partial charge < -0.3 is 18.0 Å². The predicted molar refractivity (Wildman–Crippen MR) is 85.1 cm³/mol. The van der Waals surface area contributed by atoms with Crippen molar-refractivity contribution >= 4 is 14.8 Å². The molecule has 0 heterocycles. The maximum atomic E-state index is 11.3. The van der Waals surface area contributed by atoms with Gasteiger partial charge >= 0.3 is 14.8 Å². The second-order valence-electron chi connectivity index (χ2n) is 4.77. The van der Waals surface area contributed by atoms with Crippen LogP contribution >= 0.6 is 0 Å². The molecule has 0 spiro atoms. The molecule has 0 rings (SSSR count). The second-order valence-corrected chi connectivity index (χ2v) is 7.50. The van der Waals surface area contributed by atoms with Crippen molar-refractivity contribution in [2.75, 3.05) is 26.4 Å². The maximum absolute atomic E-state index is 11.3. The average molecular weight is 318 g/mol. The van der Waals surface area contributed by atoms with Crippen LogP contribution in [0.15, 0.2) is 12.2 Å². The lowest BCUT2D eigenvalue weighted by Crippen LogP contribution is -2.46. The van der Waals surface area contributed by atoms with Crippen molar-refractivity contribution in [2.24, 2.45) is 0 Å². The Morgan fingerprint density at radius 2 is 1.62 bits per heavy atom. The van der Waals surface area contributed by atoms with Crippen LogP contribution in [0.5, 0.6) is 0 Å². The molecular weight excluding hydrogens is 288 g/mol. The van der Waals surface area contributed by atoms with E-state index >= 15 is 0 Å². The van der Waals surface area contributed by atoms with Gasteiger partial charge in [0.2, 0.25) is 0 Å². The number of rotatable bonds is 13. The number of carbonyl (C=O) groups excluding carboxylic acids is 1. The summed E-state index contributed by atoms with van der Waals surface area (Å²) in [7, 11) is -2.65. The van der Waals surface area contributed by atoms with Gasteiger partial charge in [0.1, 0.15) is 0 Å². The fraction of sp³-hybridized carbons (Fsp3) is 0.800. The third-order valence-electron chi connectivity index (χ3n) is 2.76. The van der Waals surface area contributed by atoms with Crippen molar-refractivity contribution in [3.8, 4) is 0 Å². The Bertz CT molecular complexity index is 300. The van der Waals surface area contributed by atoms with Crippen molar-refractivity contribution in [2.45, 2.75) is 53.0 Å². The molecule has 0 aromatic carbocycles. The highest BCUT2D eigenvalue weighted by Gasteiger charge is 2.40. The standard InChI is InChI=1S/C15H30O5Si/c1-6-9-12-20-21(18-7-2,19-8-3)13-10-11-17-15(16)14(4)5/h4,6-13H2,1-3,5H3. The second kappa shape index (κ2) is 11.9. The lowest BCUT2D eigenvalue weighted by molar-refractivity contribution is -0.139. The summed E-state index contributed by atoms with van der Waals surface area (Å²) < 4.78 is 22.7. The summed E-state index contributed by atoms with van der Waals surface area (Å²) in [6, 6.07) is 0.655. The third-order valence-corrected chi connectivity index (χ3v) is 5.82. The Kier molecular flexibility index (Phi) is 11.5. The Hall–Kier alpha value is -0.693. The van der Waals surface area contributed by atoms with Gasteiger partial charge in [-0.05, 0) is 33.6 Å². The van der Waals surface area contributed by atoms with Gasteiger partial charge in [-0.3, -0.25) is 0 Å². The molecule has 6 heteroatoms. The fourth-order valence-corrected chi connectivity index (χ4v) is 4.33. The quantitative estimate of drug-likeness (QED) is 0.226. The van der Waals surface area contributed by atoms with Crippen LogP contribution in [0.1, 0.15) is 47.0 Å². The van der Waals surface area contributed by atoms with Crippen molar-refractivity contribution in [3.63, 3.8) is 0 Å². The van der Waals surface area contributed by atoms with Gasteiger partial charge in [-0.25, -0.2) is 4.79 Å². The minimum Gasteiger partial charge on any atom is -0.462 e. The van der Waals surface area contributed by atoms with Gasteiger partial charge in [0.05, 0.1) is 6.61 Å². The molecule has 0 aromatic heterocycles. The first kappa shape index (κ1) is 20.3. The van der Waals surface area contributed by atoms with Gasteiger partial charge in [-0.15, -0.1) is 0 Å². The first-order valence-electron chi connectivity index (χ1n) is 7.75. The maximum Gasteiger partial charge on any atom is 0.501 e. The number of unbranched alkanes of at least 4 members (excludes halogenated alkanes) is 1. The summed E-state index contributed by atoms with van der Waals surface area (Å²) in [4.78, 5) is 11.3. The Morgan fingerprint density at radius 3 is 2.10 bits per heavy atom. The summed E-state index contributed by atoms with van der Waals surface area (Å²) in [6.07, 6.45) is 2.72. The number of esters is 1.